The normalized spacial score (nSPS) is 10.6. The Labute approximate surface area is 83.2 Å². The molecular weight excluding hydrogens is 202 g/mol. The van der Waals surface area contributed by atoms with Gasteiger partial charge in [-0.2, -0.15) is 0 Å². The summed E-state index contributed by atoms with van der Waals surface area (Å²) in [6.45, 7) is 0. The van der Waals surface area contributed by atoms with E-state index in [0.717, 1.165) is 10.1 Å². The van der Waals surface area contributed by atoms with Gasteiger partial charge in [0.15, 0.2) is 0 Å². The zero-order valence-corrected chi connectivity index (χ0v) is 7.84. The first-order chi connectivity index (χ1) is 6.58. The van der Waals surface area contributed by atoms with Crippen molar-refractivity contribution in [3.63, 3.8) is 0 Å². The second-order valence-electron chi connectivity index (χ2n) is 2.86. The minimum atomic E-state index is -1.14. The number of hydrogen-bond acceptors (Lipinski definition) is 4. The summed E-state index contributed by atoms with van der Waals surface area (Å²) in [4.78, 5) is 10.7. The molecule has 0 aliphatic rings. The summed E-state index contributed by atoms with van der Waals surface area (Å²) in [5.41, 5.74) is 5.45. The zero-order valence-electron chi connectivity index (χ0n) is 7.02. The van der Waals surface area contributed by atoms with Crippen molar-refractivity contribution >= 4 is 32.4 Å². The van der Waals surface area contributed by atoms with E-state index in [0.29, 0.717) is 5.00 Å². The number of carbonyl (C=O) groups is 1. The molecule has 0 radical (unpaired) electrons. The molecule has 0 fully saturated rings. The molecule has 14 heavy (non-hydrogen) atoms. The van der Waals surface area contributed by atoms with E-state index in [1.165, 1.54) is 23.5 Å². The summed E-state index contributed by atoms with van der Waals surface area (Å²) in [6.07, 6.45) is 0. The molecular formula is C9H7NO3S. The van der Waals surface area contributed by atoms with Gasteiger partial charge in [-0.15, -0.1) is 11.3 Å². The Kier molecular flexibility index (Phi) is 1.82. The SMILES string of the molecule is Nc1cc2cc(C(=O)O)c(O)cc2s1. The Hall–Kier alpha value is -1.75. The molecule has 0 aliphatic carbocycles. The smallest absolute Gasteiger partial charge is 0.339 e. The highest BCUT2D eigenvalue weighted by Gasteiger charge is 2.11. The molecule has 0 unspecified atom stereocenters. The first-order valence-electron chi connectivity index (χ1n) is 3.83. The highest BCUT2D eigenvalue weighted by molar-refractivity contribution is 7.22. The lowest BCUT2D eigenvalue weighted by molar-refractivity contribution is 0.0694. The van der Waals surface area contributed by atoms with Crippen LogP contribution in [0.5, 0.6) is 5.75 Å². The predicted molar refractivity (Wildman–Crippen MR) is 54.9 cm³/mol. The van der Waals surface area contributed by atoms with Crippen molar-refractivity contribution in [1.82, 2.24) is 0 Å². The summed E-state index contributed by atoms with van der Waals surface area (Å²) in [6, 6.07) is 4.52. The number of carboxylic acids is 1. The van der Waals surface area contributed by atoms with Crippen LogP contribution in [-0.2, 0) is 0 Å². The monoisotopic (exact) mass is 209 g/mol. The number of fused-ring (bicyclic) bond motifs is 1. The third-order valence-corrected chi connectivity index (χ3v) is 2.81. The lowest BCUT2D eigenvalue weighted by Gasteiger charge is -1.98. The van der Waals surface area contributed by atoms with Crippen molar-refractivity contribution < 1.29 is 15.0 Å². The van der Waals surface area contributed by atoms with E-state index >= 15 is 0 Å². The topological polar surface area (TPSA) is 83.6 Å². The third-order valence-electron chi connectivity index (χ3n) is 1.88. The van der Waals surface area contributed by atoms with Crippen molar-refractivity contribution in [1.29, 1.82) is 0 Å². The fraction of sp³-hybridized carbons (Fsp3) is 0. The minimum absolute atomic E-state index is 0.102. The van der Waals surface area contributed by atoms with Crippen molar-refractivity contribution in [2.24, 2.45) is 0 Å². The maximum atomic E-state index is 10.7. The van der Waals surface area contributed by atoms with Gasteiger partial charge in [0.05, 0.1) is 5.00 Å². The molecule has 0 saturated carbocycles. The van der Waals surface area contributed by atoms with Gasteiger partial charge < -0.3 is 15.9 Å². The molecule has 0 atom stereocenters. The van der Waals surface area contributed by atoms with Crippen LogP contribution in [-0.4, -0.2) is 16.2 Å². The molecule has 1 aromatic heterocycles. The average Bonchev–Trinajstić information content (AvgIpc) is 2.42. The lowest BCUT2D eigenvalue weighted by Crippen LogP contribution is -1.95. The van der Waals surface area contributed by atoms with Crippen LogP contribution in [0.2, 0.25) is 0 Å². The number of phenols is 1. The number of nitrogen functional groups attached to an aromatic ring is 1. The van der Waals surface area contributed by atoms with Gasteiger partial charge in [0, 0.05) is 4.70 Å². The molecule has 2 aromatic rings. The molecule has 1 heterocycles. The van der Waals surface area contributed by atoms with E-state index < -0.39 is 5.97 Å². The molecule has 0 amide bonds. The van der Waals surface area contributed by atoms with E-state index in [2.05, 4.69) is 0 Å². The number of carboxylic acid groups (broad SMARTS) is 1. The maximum absolute atomic E-state index is 10.7. The van der Waals surface area contributed by atoms with Crippen LogP contribution in [0.4, 0.5) is 5.00 Å². The van der Waals surface area contributed by atoms with E-state index in [4.69, 9.17) is 10.8 Å². The summed E-state index contributed by atoms with van der Waals surface area (Å²) < 4.78 is 0.782. The van der Waals surface area contributed by atoms with Crippen molar-refractivity contribution in [3.05, 3.63) is 23.8 Å². The lowest BCUT2D eigenvalue weighted by atomic mass is 10.1. The Bertz CT molecular complexity index is 518. The molecule has 72 valence electrons. The molecule has 0 spiro atoms. The van der Waals surface area contributed by atoms with E-state index in [1.807, 2.05) is 0 Å². The molecule has 2 rings (SSSR count). The quantitative estimate of drug-likeness (QED) is 0.669. The highest BCUT2D eigenvalue weighted by atomic mass is 32.1. The Morgan fingerprint density at radius 3 is 2.71 bits per heavy atom. The highest BCUT2D eigenvalue weighted by Crippen LogP contribution is 2.32. The van der Waals surface area contributed by atoms with Crippen LogP contribution >= 0.6 is 11.3 Å². The molecule has 0 saturated heterocycles. The van der Waals surface area contributed by atoms with Crippen LogP contribution in [0.1, 0.15) is 10.4 Å². The van der Waals surface area contributed by atoms with Crippen LogP contribution in [0, 0.1) is 0 Å². The second-order valence-corrected chi connectivity index (χ2v) is 3.98. The number of rotatable bonds is 1. The Morgan fingerprint density at radius 1 is 1.36 bits per heavy atom. The molecule has 1 aromatic carbocycles. The number of thiophene rings is 1. The van der Waals surface area contributed by atoms with E-state index in [-0.39, 0.29) is 11.3 Å². The third kappa shape index (κ3) is 1.27. The number of aromatic carboxylic acids is 1. The van der Waals surface area contributed by atoms with Gasteiger partial charge in [-0.3, -0.25) is 0 Å². The van der Waals surface area contributed by atoms with Gasteiger partial charge in [-0.1, -0.05) is 0 Å². The van der Waals surface area contributed by atoms with E-state index in [9.17, 15) is 9.90 Å². The van der Waals surface area contributed by atoms with Crippen LogP contribution in [0.15, 0.2) is 18.2 Å². The summed E-state index contributed by atoms with van der Waals surface area (Å²) in [7, 11) is 0. The van der Waals surface area contributed by atoms with Crippen LogP contribution in [0.25, 0.3) is 10.1 Å². The Balaban J connectivity index is 2.76. The van der Waals surface area contributed by atoms with Crippen molar-refractivity contribution in [2.45, 2.75) is 0 Å². The molecule has 5 heteroatoms. The molecule has 0 aliphatic heterocycles. The maximum Gasteiger partial charge on any atom is 0.339 e. The Morgan fingerprint density at radius 2 is 2.07 bits per heavy atom. The van der Waals surface area contributed by atoms with Gasteiger partial charge in [0.1, 0.15) is 11.3 Å². The standard InChI is InChI=1S/C9H7NO3S/c10-8-2-4-1-5(9(12)13)6(11)3-7(4)14-8/h1-3,11H,10H2,(H,12,13). The first-order valence-corrected chi connectivity index (χ1v) is 4.65. The fourth-order valence-corrected chi connectivity index (χ4v) is 2.11. The zero-order chi connectivity index (χ0) is 10.3. The first kappa shape index (κ1) is 8.83. The number of benzene rings is 1. The molecule has 0 bridgehead atoms. The summed E-state index contributed by atoms with van der Waals surface area (Å²) in [5.74, 6) is -1.37. The summed E-state index contributed by atoms with van der Waals surface area (Å²) in [5, 5.41) is 19.5. The number of nitrogens with two attached hydrogens (primary N) is 1. The minimum Gasteiger partial charge on any atom is -0.507 e. The van der Waals surface area contributed by atoms with Gasteiger partial charge in [-0.25, -0.2) is 4.79 Å². The van der Waals surface area contributed by atoms with E-state index in [1.54, 1.807) is 6.07 Å². The van der Waals surface area contributed by atoms with Crippen molar-refractivity contribution in [2.75, 3.05) is 5.73 Å². The average molecular weight is 209 g/mol. The van der Waals surface area contributed by atoms with Gasteiger partial charge in [0.25, 0.3) is 0 Å². The second kappa shape index (κ2) is 2.88. The predicted octanol–water partition coefficient (Wildman–Crippen LogP) is 1.89. The number of hydrogen-bond donors (Lipinski definition) is 3. The number of anilines is 1. The fourth-order valence-electron chi connectivity index (χ4n) is 1.27. The summed E-state index contributed by atoms with van der Waals surface area (Å²) >= 11 is 1.31. The van der Waals surface area contributed by atoms with Crippen LogP contribution in [0.3, 0.4) is 0 Å². The van der Waals surface area contributed by atoms with Gasteiger partial charge in [-0.05, 0) is 23.6 Å². The number of aromatic hydroxyl groups is 1. The molecule has 4 nitrogen and oxygen atoms in total. The van der Waals surface area contributed by atoms with Gasteiger partial charge in [0.2, 0.25) is 0 Å². The van der Waals surface area contributed by atoms with Gasteiger partial charge >= 0.3 is 5.97 Å². The largest absolute Gasteiger partial charge is 0.507 e. The van der Waals surface area contributed by atoms with Crippen molar-refractivity contribution in [3.8, 4) is 5.75 Å². The molecule has 4 N–H and O–H groups in total. The van der Waals surface area contributed by atoms with Crippen LogP contribution < -0.4 is 5.73 Å².